The molecule has 0 aliphatic rings. The lowest BCUT2D eigenvalue weighted by molar-refractivity contribution is -0.383. The van der Waals surface area contributed by atoms with Crippen LogP contribution in [0.3, 0.4) is 0 Å². The zero-order valence-electron chi connectivity index (χ0n) is 15.3. The number of hydrogen-bond donors (Lipinski definition) is 2. The van der Waals surface area contributed by atoms with E-state index >= 15 is 0 Å². The van der Waals surface area contributed by atoms with Crippen molar-refractivity contribution in [2.24, 2.45) is 0 Å². The van der Waals surface area contributed by atoms with Crippen LogP contribution in [0.2, 0.25) is 5.02 Å². The first-order chi connectivity index (χ1) is 14.0. The zero-order chi connectivity index (χ0) is 20.8. The van der Waals surface area contributed by atoms with Crippen molar-refractivity contribution in [3.8, 4) is 0 Å². The quantitative estimate of drug-likeness (QED) is 0.336. The predicted molar refractivity (Wildman–Crippen MR) is 109 cm³/mol. The van der Waals surface area contributed by atoms with Crippen molar-refractivity contribution in [2.45, 2.75) is 6.54 Å². The molecule has 0 radical (unpaired) electrons. The van der Waals surface area contributed by atoms with Gasteiger partial charge in [-0.25, -0.2) is 14.8 Å². The second-order valence-electron chi connectivity index (χ2n) is 5.78. The minimum Gasteiger partial charge on any atom is -0.465 e. The van der Waals surface area contributed by atoms with Crippen molar-refractivity contribution in [3.63, 3.8) is 0 Å². The Morgan fingerprint density at radius 1 is 1.14 bits per heavy atom. The molecule has 0 fully saturated rings. The van der Waals surface area contributed by atoms with E-state index in [0.29, 0.717) is 10.7 Å². The summed E-state index contributed by atoms with van der Waals surface area (Å²) in [5.41, 5.74) is 0.929. The Bertz CT molecular complexity index is 1060. The molecule has 0 bridgehead atoms. The largest absolute Gasteiger partial charge is 0.465 e. The van der Waals surface area contributed by atoms with E-state index in [1.54, 1.807) is 36.4 Å². The molecule has 1 heterocycles. The Morgan fingerprint density at radius 3 is 2.55 bits per heavy atom. The lowest BCUT2D eigenvalue weighted by Crippen LogP contribution is -2.10. The maximum absolute atomic E-state index is 11.9. The Kier molecular flexibility index (Phi) is 6.20. The smallest absolute Gasteiger partial charge is 0.353 e. The summed E-state index contributed by atoms with van der Waals surface area (Å²) in [4.78, 5) is 31.0. The van der Waals surface area contributed by atoms with Crippen molar-refractivity contribution in [3.05, 3.63) is 81.1 Å². The average Bonchev–Trinajstić information content (AvgIpc) is 2.73. The molecule has 0 aliphatic heterocycles. The molecule has 0 unspecified atom stereocenters. The lowest BCUT2D eigenvalue weighted by atomic mass is 10.2. The van der Waals surface area contributed by atoms with E-state index < -0.39 is 10.9 Å². The number of carbonyl (C=O) groups excluding carboxylic acids is 1. The van der Waals surface area contributed by atoms with Crippen LogP contribution in [-0.4, -0.2) is 28.0 Å². The molecule has 29 heavy (non-hydrogen) atoms. The molecule has 0 atom stereocenters. The molecule has 3 aromatic rings. The number of nitrogens with one attached hydrogen (secondary N) is 2. The van der Waals surface area contributed by atoms with Crippen molar-refractivity contribution >= 4 is 40.6 Å². The monoisotopic (exact) mass is 413 g/mol. The normalized spacial score (nSPS) is 10.3. The number of halogens is 1. The molecule has 0 saturated carbocycles. The summed E-state index contributed by atoms with van der Waals surface area (Å²) in [7, 11) is 1.25. The van der Waals surface area contributed by atoms with Crippen LogP contribution in [0.4, 0.5) is 23.0 Å². The summed E-state index contributed by atoms with van der Waals surface area (Å²) in [5, 5.41) is 18.0. The van der Waals surface area contributed by atoms with Crippen LogP contribution in [0, 0.1) is 10.1 Å². The Balaban J connectivity index is 1.93. The highest BCUT2D eigenvalue weighted by Crippen LogP contribution is 2.32. The molecule has 10 heteroatoms. The fourth-order valence-electron chi connectivity index (χ4n) is 2.60. The van der Waals surface area contributed by atoms with E-state index in [2.05, 4.69) is 20.6 Å². The average molecular weight is 414 g/mol. The van der Waals surface area contributed by atoms with Gasteiger partial charge in [-0.15, -0.1) is 0 Å². The van der Waals surface area contributed by atoms with E-state index in [1.807, 2.05) is 6.07 Å². The maximum Gasteiger partial charge on any atom is 0.353 e. The lowest BCUT2D eigenvalue weighted by Gasteiger charge is -2.12. The van der Waals surface area contributed by atoms with Gasteiger partial charge >= 0.3 is 11.7 Å². The van der Waals surface area contributed by atoms with Gasteiger partial charge in [0.05, 0.1) is 23.3 Å². The third kappa shape index (κ3) is 4.58. The summed E-state index contributed by atoms with van der Waals surface area (Å²) in [6.07, 6.45) is 1.19. The van der Waals surface area contributed by atoms with Crippen molar-refractivity contribution in [2.75, 3.05) is 17.7 Å². The van der Waals surface area contributed by atoms with Crippen LogP contribution in [0.5, 0.6) is 0 Å². The standard InChI is InChI=1S/C19H16ClN5O4/c1-29-19(26)13-7-3-5-9-15(13)24-18-16(25(27)28)17(22-11-23-18)21-10-12-6-2-4-8-14(12)20/h2-9,11H,10H2,1H3,(H2,21,22,23,24). The molecule has 2 aromatic carbocycles. The molecule has 9 nitrogen and oxygen atoms in total. The van der Waals surface area contributed by atoms with Gasteiger partial charge in [0.1, 0.15) is 6.33 Å². The number of nitrogens with zero attached hydrogens (tertiary/aromatic N) is 3. The van der Waals surface area contributed by atoms with E-state index in [1.165, 1.54) is 19.5 Å². The fourth-order valence-corrected chi connectivity index (χ4v) is 2.80. The maximum atomic E-state index is 11.9. The fraction of sp³-hybridized carbons (Fsp3) is 0.105. The summed E-state index contributed by atoms with van der Waals surface area (Å²) >= 11 is 6.13. The molecular weight excluding hydrogens is 398 g/mol. The van der Waals surface area contributed by atoms with Crippen LogP contribution in [0.15, 0.2) is 54.9 Å². The van der Waals surface area contributed by atoms with E-state index in [-0.39, 0.29) is 29.4 Å². The first-order valence-electron chi connectivity index (χ1n) is 8.42. The van der Waals surface area contributed by atoms with Crippen molar-refractivity contribution in [1.82, 2.24) is 9.97 Å². The highest BCUT2D eigenvalue weighted by Gasteiger charge is 2.24. The molecular formula is C19H16ClN5O4. The highest BCUT2D eigenvalue weighted by molar-refractivity contribution is 6.31. The van der Waals surface area contributed by atoms with Gasteiger partial charge in [0.25, 0.3) is 0 Å². The number of ether oxygens (including phenoxy) is 1. The molecule has 3 rings (SSSR count). The first-order valence-corrected chi connectivity index (χ1v) is 8.80. The number of esters is 1. The van der Waals surface area contributed by atoms with Gasteiger partial charge in [0.2, 0.25) is 11.6 Å². The summed E-state index contributed by atoms with van der Waals surface area (Å²) in [6, 6.07) is 13.6. The number of rotatable bonds is 7. The molecule has 0 spiro atoms. The molecule has 0 amide bonds. The first kappa shape index (κ1) is 20.0. The Hall–Kier alpha value is -3.72. The van der Waals surface area contributed by atoms with Crippen molar-refractivity contribution < 1.29 is 14.5 Å². The number of anilines is 3. The van der Waals surface area contributed by atoms with Gasteiger partial charge in [-0.3, -0.25) is 10.1 Å². The summed E-state index contributed by atoms with van der Waals surface area (Å²) in [5.74, 6) is -0.632. The summed E-state index contributed by atoms with van der Waals surface area (Å²) < 4.78 is 4.74. The summed E-state index contributed by atoms with van der Waals surface area (Å²) in [6.45, 7) is 0.232. The third-order valence-electron chi connectivity index (χ3n) is 3.99. The number of aromatic nitrogens is 2. The molecule has 1 aromatic heterocycles. The van der Waals surface area contributed by atoms with E-state index in [4.69, 9.17) is 16.3 Å². The third-order valence-corrected chi connectivity index (χ3v) is 4.36. The van der Waals surface area contributed by atoms with Crippen molar-refractivity contribution in [1.29, 1.82) is 0 Å². The van der Waals surface area contributed by atoms with Gasteiger partial charge in [0.15, 0.2) is 0 Å². The van der Waals surface area contributed by atoms with Gasteiger partial charge in [-0.2, -0.15) is 0 Å². The van der Waals surface area contributed by atoms with Gasteiger partial charge in [-0.05, 0) is 23.8 Å². The van der Waals surface area contributed by atoms with Crippen LogP contribution >= 0.6 is 11.6 Å². The van der Waals surface area contributed by atoms with Gasteiger partial charge < -0.3 is 15.4 Å². The second kappa shape index (κ2) is 8.98. The van der Waals surface area contributed by atoms with Crippen LogP contribution in [0.1, 0.15) is 15.9 Å². The van der Waals surface area contributed by atoms with Gasteiger partial charge in [-0.1, -0.05) is 41.9 Å². The SMILES string of the molecule is COC(=O)c1ccccc1Nc1ncnc(NCc2ccccc2Cl)c1[N+](=O)[O-]. The minimum atomic E-state index is -0.599. The molecule has 0 aliphatic carbocycles. The molecule has 0 saturated heterocycles. The van der Waals surface area contributed by atoms with Crippen LogP contribution < -0.4 is 10.6 Å². The highest BCUT2D eigenvalue weighted by atomic mass is 35.5. The zero-order valence-corrected chi connectivity index (χ0v) is 16.0. The number of hydrogen-bond acceptors (Lipinski definition) is 8. The second-order valence-corrected chi connectivity index (χ2v) is 6.19. The minimum absolute atomic E-state index is 0.0166. The number of nitro groups is 1. The van der Waals surface area contributed by atoms with Crippen LogP contribution in [0.25, 0.3) is 0 Å². The van der Waals surface area contributed by atoms with E-state index in [9.17, 15) is 14.9 Å². The number of carbonyl (C=O) groups is 1. The van der Waals surface area contributed by atoms with Crippen LogP contribution in [-0.2, 0) is 11.3 Å². The number of methoxy groups -OCH3 is 1. The van der Waals surface area contributed by atoms with E-state index in [0.717, 1.165) is 5.56 Å². The Labute approximate surface area is 170 Å². The Morgan fingerprint density at radius 2 is 1.83 bits per heavy atom. The van der Waals surface area contributed by atoms with Gasteiger partial charge in [0, 0.05) is 11.6 Å². The molecule has 148 valence electrons. The molecule has 2 N–H and O–H groups in total. The number of para-hydroxylation sites is 1. The topological polar surface area (TPSA) is 119 Å². The number of benzene rings is 2. The predicted octanol–water partition coefficient (Wildman–Crippen LogP) is 4.18.